The second-order valence-electron chi connectivity index (χ2n) is 11.5. The van der Waals surface area contributed by atoms with Crippen LogP contribution in [0.3, 0.4) is 0 Å². The van der Waals surface area contributed by atoms with Gasteiger partial charge in [0.05, 0.1) is 6.10 Å². The third-order valence-electron chi connectivity index (χ3n) is 9.45. The van der Waals surface area contributed by atoms with Crippen molar-refractivity contribution in [3.8, 4) is 0 Å². The molecule has 2 saturated carbocycles. The quantitative estimate of drug-likeness (QED) is 0.498. The monoisotopic (exact) mass is 394 g/mol. The van der Waals surface area contributed by atoms with Crippen LogP contribution in [0.25, 0.3) is 0 Å². The van der Waals surface area contributed by atoms with Gasteiger partial charge in [0, 0.05) is 5.41 Å². The number of aliphatic hydroxyl groups excluding tert-OH is 1. The number of rotatable bonds is 4. The second-order valence-corrected chi connectivity index (χ2v) is 11.5. The zero-order valence-corrected chi connectivity index (χ0v) is 19.5. The van der Waals surface area contributed by atoms with Crippen molar-refractivity contribution in [3.63, 3.8) is 0 Å². The molecule has 160 valence electrons. The predicted octanol–water partition coefficient (Wildman–Crippen LogP) is 7.25. The van der Waals surface area contributed by atoms with E-state index in [0.717, 1.165) is 25.2 Å². The lowest BCUT2D eigenvalue weighted by molar-refractivity contribution is 0.113. The van der Waals surface area contributed by atoms with Gasteiger partial charge < -0.3 is 5.11 Å². The van der Waals surface area contributed by atoms with Gasteiger partial charge in [-0.25, -0.2) is 0 Å². The Bertz CT molecular complexity index is 765. The molecule has 0 aromatic rings. The van der Waals surface area contributed by atoms with Crippen LogP contribution in [0.1, 0.15) is 80.1 Å². The number of aliphatic hydroxyl groups is 1. The van der Waals surface area contributed by atoms with Crippen LogP contribution < -0.4 is 0 Å². The summed E-state index contributed by atoms with van der Waals surface area (Å²) in [4.78, 5) is 0. The molecular formula is C28H42O. The van der Waals surface area contributed by atoms with Crippen LogP contribution in [0, 0.1) is 40.4 Å². The van der Waals surface area contributed by atoms with E-state index < -0.39 is 0 Å². The molecule has 0 aromatic heterocycles. The van der Waals surface area contributed by atoms with E-state index in [4.69, 9.17) is 0 Å². The maximum Gasteiger partial charge on any atom is 0.0578 e. The average Bonchev–Trinajstić information content (AvgIpc) is 3.03. The van der Waals surface area contributed by atoms with E-state index in [1.54, 1.807) is 11.1 Å². The van der Waals surface area contributed by atoms with Gasteiger partial charge >= 0.3 is 0 Å². The van der Waals surface area contributed by atoms with Crippen molar-refractivity contribution in [1.29, 1.82) is 0 Å². The summed E-state index contributed by atoms with van der Waals surface area (Å²) in [5, 5.41) is 10.2. The SMILES string of the molecule is CC(C)[C@@H](C)C=C[C@@H](C)[C@@H]1CC[C@@H]2C3=CC=C4C[C@@H](O)CC[C@]4(C)C3=CC[C@@]21C. The summed E-state index contributed by atoms with van der Waals surface area (Å²) in [6.07, 6.45) is 19.1. The zero-order chi connectivity index (χ0) is 21.0. The van der Waals surface area contributed by atoms with Crippen molar-refractivity contribution < 1.29 is 5.11 Å². The maximum atomic E-state index is 10.2. The molecule has 1 N–H and O–H groups in total. The topological polar surface area (TPSA) is 20.2 Å². The van der Waals surface area contributed by atoms with Crippen molar-refractivity contribution in [2.45, 2.75) is 86.2 Å². The fraction of sp³-hybridized carbons (Fsp3) is 0.714. The van der Waals surface area contributed by atoms with Gasteiger partial charge in [-0.15, -0.1) is 0 Å². The van der Waals surface area contributed by atoms with Crippen LogP contribution in [-0.4, -0.2) is 11.2 Å². The van der Waals surface area contributed by atoms with E-state index in [2.05, 4.69) is 71.9 Å². The molecule has 0 unspecified atom stereocenters. The summed E-state index contributed by atoms with van der Waals surface area (Å²) < 4.78 is 0. The molecule has 7 atom stereocenters. The van der Waals surface area contributed by atoms with Crippen molar-refractivity contribution in [1.82, 2.24) is 0 Å². The summed E-state index contributed by atoms with van der Waals surface area (Å²) in [6, 6.07) is 0. The molecule has 0 aromatic carbocycles. The first-order chi connectivity index (χ1) is 13.7. The van der Waals surface area contributed by atoms with Crippen molar-refractivity contribution in [3.05, 3.63) is 47.1 Å². The standard InChI is InChI=1S/C28H42O/c1-18(2)19(3)7-8-20(4)24-11-12-25-23-10-9-21-17-22(29)13-15-27(21,5)26(23)14-16-28(24,25)6/h7-10,14,18-20,22,24-25,29H,11-13,15-17H2,1-6H3/t19-,20+,22-,24-,25+,27-,28+/m0/s1. The van der Waals surface area contributed by atoms with E-state index in [-0.39, 0.29) is 11.5 Å². The van der Waals surface area contributed by atoms with Gasteiger partial charge in [0.25, 0.3) is 0 Å². The Hall–Kier alpha value is -1.08. The minimum Gasteiger partial charge on any atom is -0.393 e. The van der Waals surface area contributed by atoms with E-state index in [9.17, 15) is 5.11 Å². The summed E-state index contributed by atoms with van der Waals surface area (Å²) in [6.45, 7) is 14.5. The first-order valence-electron chi connectivity index (χ1n) is 12.2. The van der Waals surface area contributed by atoms with Gasteiger partial charge in [-0.1, -0.05) is 77.5 Å². The molecule has 0 saturated heterocycles. The smallest absolute Gasteiger partial charge is 0.0578 e. The molecule has 0 amide bonds. The Morgan fingerprint density at radius 3 is 2.52 bits per heavy atom. The summed E-state index contributed by atoms with van der Waals surface area (Å²) >= 11 is 0. The highest BCUT2D eigenvalue weighted by molar-refractivity contribution is 5.53. The Labute approximate surface area is 179 Å². The Morgan fingerprint density at radius 2 is 1.79 bits per heavy atom. The Balaban J connectivity index is 1.60. The molecule has 0 radical (unpaired) electrons. The first-order valence-corrected chi connectivity index (χ1v) is 12.2. The lowest BCUT2D eigenvalue weighted by Gasteiger charge is -2.50. The molecule has 29 heavy (non-hydrogen) atoms. The molecular weight excluding hydrogens is 352 g/mol. The molecule has 4 rings (SSSR count). The lowest BCUT2D eigenvalue weighted by Crippen LogP contribution is -2.41. The number of hydrogen-bond acceptors (Lipinski definition) is 1. The minimum atomic E-state index is -0.143. The second kappa shape index (κ2) is 7.56. The number of hydrogen-bond donors (Lipinski definition) is 1. The van der Waals surface area contributed by atoms with E-state index >= 15 is 0 Å². The Morgan fingerprint density at radius 1 is 1.03 bits per heavy atom. The summed E-state index contributed by atoms with van der Waals surface area (Å²) in [5.41, 5.74) is 5.26. The normalized spacial score (nSPS) is 41.2. The number of allylic oxidation sites excluding steroid dienone is 7. The van der Waals surface area contributed by atoms with Crippen LogP contribution in [0.4, 0.5) is 0 Å². The average molecular weight is 395 g/mol. The summed E-state index contributed by atoms with van der Waals surface area (Å²) in [5.74, 6) is 3.50. The minimum absolute atomic E-state index is 0.143. The van der Waals surface area contributed by atoms with Gasteiger partial charge in [-0.3, -0.25) is 0 Å². The van der Waals surface area contributed by atoms with Gasteiger partial charge in [-0.2, -0.15) is 0 Å². The van der Waals surface area contributed by atoms with E-state index in [1.165, 1.54) is 24.8 Å². The highest BCUT2D eigenvalue weighted by atomic mass is 16.3. The van der Waals surface area contributed by atoms with Crippen molar-refractivity contribution in [2.75, 3.05) is 0 Å². The third kappa shape index (κ3) is 3.42. The Kier molecular flexibility index (Phi) is 5.52. The molecule has 0 bridgehead atoms. The largest absolute Gasteiger partial charge is 0.393 e. The fourth-order valence-corrected chi connectivity index (χ4v) is 6.96. The first kappa shape index (κ1) is 21.2. The van der Waals surface area contributed by atoms with Gasteiger partial charge in [-0.05, 0) is 84.7 Å². The summed E-state index contributed by atoms with van der Waals surface area (Å²) in [7, 11) is 0. The molecule has 4 aliphatic carbocycles. The zero-order valence-electron chi connectivity index (χ0n) is 19.5. The molecule has 1 heteroatoms. The van der Waals surface area contributed by atoms with Crippen molar-refractivity contribution in [2.24, 2.45) is 40.4 Å². The van der Waals surface area contributed by atoms with E-state index in [1.807, 2.05) is 0 Å². The van der Waals surface area contributed by atoms with Gasteiger partial charge in [0.1, 0.15) is 0 Å². The number of fused-ring (bicyclic) bond motifs is 5. The van der Waals surface area contributed by atoms with Crippen LogP contribution in [0.5, 0.6) is 0 Å². The molecule has 0 heterocycles. The highest BCUT2D eigenvalue weighted by Crippen LogP contribution is 2.63. The maximum absolute atomic E-state index is 10.2. The molecule has 0 aliphatic heterocycles. The molecule has 0 spiro atoms. The van der Waals surface area contributed by atoms with Crippen LogP contribution >= 0.6 is 0 Å². The fourth-order valence-electron chi connectivity index (χ4n) is 6.96. The van der Waals surface area contributed by atoms with Crippen molar-refractivity contribution >= 4 is 0 Å². The molecule has 4 aliphatic rings. The van der Waals surface area contributed by atoms with Gasteiger partial charge in [0.15, 0.2) is 0 Å². The predicted molar refractivity (Wildman–Crippen MR) is 123 cm³/mol. The molecule has 1 nitrogen and oxygen atoms in total. The van der Waals surface area contributed by atoms with Crippen LogP contribution in [0.2, 0.25) is 0 Å². The van der Waals surface area contributed by atoms with Crippen LogP contribution in [0.15, 0.2) is 47.1 Å². The van der Waals surface area contributed by atoms with Gasteiger partial charge in [0.2, 0.25) is 0 Å². The third-order valence-corrected chi connectivity index (χ3v) is 9.45. The van der Waals surface area contributed by atoms with E-state index in [0.29, 0.717) is 29.1 Å². The highest BCUT2D eigenvalue weighted by Gasteiger charge is 2.53. The lowest BCUT2D eigenvalue weighted by atomic mass is 9.54. The molecule has 2 fully saturated rings. The van der Waals surface area contributed by atoms with Crippen LogP contribution in [-0.2, 0) is 0 Å².